The number of benzene rings is 1. The van der Waals surface area contributed by atoms with Crippen LogP contribution in [0.2, 0.25) is 0 Å². The quantitative estimate of drug-likeness (QED) is 0.352. The molecule has 1 aromatic carbocycles. The lowest BCUT2D eigenvalue weighted by Gasteiger charge is -2.37. The van der Waals surface area contributed by atoms with Crippen molar-refractivity contribution in [2.24, 2.45) is 5.92 Å². The molecule has 204 valence electrons. The maximum Gasteiger partial charge on any atom is 0.408 e. The van der Waals surface area contributed by atoms with Gasteiger partial charge in [-0.1, -0.05) is 63.8 Å². The number of unbranched alkanes of at least 4 members (excludes halogenated alkanes) is 2. The van der Waals surface area contributed by atoms with Crippen LogP contribution in [0.5, 0.6) is 0 Å². The van der Waals surface area contributed by atoms with E-state index >= 15 is 0 Å². The molecule has 0 saturated heterocycles. The monoisotopic (exact) mass is 503 g/mol. The Morgan fingerprint density at radius 1 is 1.00 bits per heavy atom. The number of amides is 3. The first kappa shape index (κ1) is 31.5. The van der Waals surface area contributed by atoms with Crippen molar-refractivity contribution in [3.05, 3.63) is 34.9 Å². The molecule has 7 heteroatoms. The number of rotatable bonds is 12. The molecule has 0 fully saturated rings. The number of carbonyl (C=O) groups excluding carboxylic acids is 3. The van der Waals surface area contributed by atoms with E-state index in [1.165, 1.54) is 0 Å². The van der Waals surface area contributed by atoms with Crippen LogP contribution >= 0.6 is 0 Å². The van der Waals surface area contributed by atoms with E-state index < -0.39 is 23.8 Å². The average Bonchev–Trinajstić information content (AvgIpc) is 2.76. The third kappa shape index (κ3) is 9.82. The van der Waals surface area contributed by atoms with Gasteiger partial charge in [0.05, 0.1) is 0 Å². The Balaban J connectivity index is 3.59. The smallest absolute Gasteiger partial charge is 0.408 e. The number of nitrogens with one attached hydrogen (secondary N) is 2. The molecule has 0 spiro atoms. The first-order valence-electron chi connectivity index (χ1n) is 13.4. The molecule has 7 nitrogen and oxygen atoms in total. The molecule has 3 atom stereocenters. The van der Waals surface area contributed by atoms with E-state index in [0.29, 0.717) is 13.0 Å². The van der Waals surface area contributed by atoms with Gasteiger partial charge in [0.15, 0.2) is 0 Å². The lowest BCUT2D eigenvalue weighted by molar-refractivity contribution is -0.143. The van der Waals surface area contributed by atoms with Crippen LogP contribution in [0.4, 0.5) is 4.79 Å². The van der Waals surface area contributed by atoms with Gasteiger partial charge in [-0.25, -0.2) is 4.79 Å². The molecule has 0 aliphatic heterocycles. The number of hydrogen-bond acceptors (Lipinski definition) is 4. The lowest BCUT2D eigenvalue weighted by atomic mass is 9.93. The van der Waals surface area contributed by atoms with E-state index in [1.54, 1.807) is 25.7 Å². The third-order valence-electron chi connectivity index (χ3n) is 6.16. The Morgan fingerprint density at radius 3 is 2.17 bits per heavy atom. The predicted octanol–water partition coefficient (Wildman–Crippen LogP) is 5.83. The zero-order valence-corrected chi connectivity index (χ0v) is 24.2. The molecule has 36 heavy (non-hydrogen) atoms. The standard InChI is InChI=1S/C29H49N3O4/c1-11-13-14-17-32(27(34)24(21(6)12-2)31-28(35)36-29(8,9)10)25(26(33)30-19(3)4)23-18-20(5)15-16-22(23)7/h15-16,18-19,21,24-25H,11-14,17H2,1-10H3,(H,30,33)(H,31,35). The molecule has 0 radical (unpaired) electrons. The number of alkyl carbamates (subject to hydrolysis) is 1. The Kier molecular flexibility index (Phi) is 12.4. The summed E-state index contributed by atoms with van der Waals surface area (Å²) in [6, 6.07) is 4.28. The van der Waals surface area contributed by atoms with Gasteiger partial charge in [0.2, 0.25) is 11.8 Å². The minimum absolute atomic E-state index is 0.0806. The molecule has 3 amide bonds. The summed E-state index contributed by atoms with van der Waals surface area (Å²) in [5, 5.41) is 5.85. The van der Waals surface area contributed by atoms with E-state index in [0.717, 1.165) is 36.0 Å². The maximum absolute atomic E-state index is 14.2. The second-order valence-corrected chi connectivity index (χ2v) is 11.2. The van der Waals surface area contributed by atoms with E-state index in [1.807, 2.05) is 59.7 Å². The van der Waals surface area contributed by atoms with Gasteiger partial charge in [-0.3, -0.25) is 9.59 Å². The first-order chi connectivity index (χ1) is 16.7. The fraction of sp³-hybridized carbons (Fsp3) is 0.690. The van der Waals surface area contributed by atoms with E-state index in [9.17, 15) is 14.4 Å². The highest BCUT2D eigenvalue weighted by atomic mass is 16.6. The molecule has 1 aromatic rings. The third-order valence-corrected chi connectivity index (χ3v) is 6.16. The normalized spacial score (nSPS) is 14.1. The lowest BCUT2D eigenvalue weighted by Crippen LogP contribution is -2.55. The summed E-state index contributed by atoms with van der Waals surface area (Å²) in [6.45, 7) is 19.6. The number of hydrogen-bond donors (Lipinski definition) is 2. The largest absolute Gasteiger partial charge is 0.444 e. The van der Waals surface area contributed by atoms with Crippen molar-refractivity contribution < 1.29 is 19.1 Å². The fourth-order valence-electron chi connectivity index (χ4n) is 4.06. The van der Waals surface area contributed by atoms with Crippen molar-refractivity contribution >= 4 is 17.9 Å². The summed E-state index contributed by atoms with van der Waals surface area (Å²) in [7, 11) is 0. The van der Waals surface area contributed by atoms with Crippen molar-refractivity contribution in [2.75, 3.05) is 6.54 Å². The topological polar surface area (TPSA) is 87.7 Å². The van der Waals surface area contributed by atoms with Crippen LogP contribution in [0.3, 0.4) is 0 Å². The SMILES string of the molecule is CCCCCN(C(=O)C(NC(=O)OC(C)(C)C)C(C)CC)C(C(=O)NC(C)C)c1cc(C)ccc1C. The number of aryl methyl sites for hydroxylation is 2. The van der Waals surface area contributed by atoms with E-state index in [4.69, 9.17) is 4.74 Å². The number of carbonyl (C=O) groups is 3. The highest BCUT2D eigenvalue weighted by molar-refractivity contribution is 5.92. The molecular weight excluding hydrogens is 454 g/mol. The van der Waals surface area contributed by atoms with E-state index in [2.05, 4.69) is 17.6 Å². The van der Waals surface area contributed by atoms with Gasteiger partial charge >= 0.3 is 6.09 Å². The highest BCUT2D eigenvalue weighted by Crippen LogP contribution is 2.28. The van der Waals surface area contributed by atoms with Crippen molar-refractivity contribution in [1.82, 2.24) is 15.5 Å². The zero-order chi connectivity index (χ0) is 27.6. The van der Waals surface area contributed by atoms with Crippen molar-refractivity contribution in [1.29, 1.82) is 0 Å². The maximum atomic E-state index is 14.2. The Morgan fingerprint density at radius 2 is 1.64 bits per heavy atom. The van der Waals surface area contributed by atoms with Gasteiger partial charge in [0.1, 0.15) is 17.7 Å². The van der Waals surface area contributed by atoms with Gasteiger partial charge in [0.25, 0.3) is 0 Å². The van der Waals surface area contributed by atoms with Crippen molar-refractivity contribution in [3.63, 3.8) is 0 Å². The molecule has 0 aliphatic rings. The zero-order valence-electron chi connectivity index (χ0n) is 24.2. The van der Waals surface area contributed by atoms with Crippen LogP contribution in [0, 0.1) is 19.8 Å². The molecule has 1 rings (SSSR count). The summed E-state index contributed by atoms with van der Waals surface area (Å²) in [6.07, 6.45) is 2.73. The molecular formula is C29H49N3O4. The van der Waals surface area contributed by atoms with Crippen LogP contribution in [0.1, 0.15) is 104 Å². The van der Waals surface area contributed by atoms with Crippen molar-refractivity contribution in [3.8, 4) is 0 Å². The minimum atomic E-state index is -0.814. The van der Waals surface area contributed by atoms with Gasteiger partial charge in [-0.15, -0.1) is 0 Å². The van der Waals surface area contributed by atoms with Crippen LogP contribution in [0.15, 0.2) is 18.2 Å². The van der Waals surface area contributed by atoms with Gasteiger partial charge in [-0.2, -0.15) is 0 Å². The molecule has 0 saturated carbocycles. The second-order valence-electron chi connectivity index (χ2n) is 11.2. The van der Waals surface area contributed by atoms with Gasteiger partial charge < -0.3 is 20.3 Å². The highest BCUT2D eigenvalue weighted by Gasteiger charge is 2.38. The Labute approximate surface area is 218 Å². The average molecular weight is 504 g/mol. The summed E-state index contributed by atoms with van der Waals surface area (Å²) in [4.78, 5) is 42.2. The Bertz CT molecular complexity index is 876. The van der Waals surface area contributed by atoms with Gasteiger partial charge in [-0.05, 0) is 71.9 Å². The Hall–Kier alpha value is -2.57. The molecule has 0 aromatic heterocycles. The summed E-state index contributed by atoms with van der Waals surface area (Å²) in [5.41, 5.74) is 2.08. The fourth-order valence-corrected chi connectivity index (χ4v) is 4.06. The molecule has 0 bridgehead atoms. The van der Waals surface area contributed by atoms with Crippen LogP contribution < -0.4 is 10.6 Å². The molecule has 0 aliphatic carbocycles. The summed E-state index contributed by atoms with van der Waals surface area (Å²) >= 11 is 0. The van der Waals surface area contributed by atoms with Gasteiger partial charge in [0, 0.05) is 12.6 Å². The minimum Gasteiger partial charge on any atom is -0.444 e. The summed E-state index contributed by atoms with van der Waals surface area (Å²) in [5.74, 6) is -0.633. The second kappa shape index (κ2) is 14.2. The predicted molar refractivity (Wildman–Crippen MR) is 146 cm³/mol. The molecule has 0 heterocycles. The number of ether oxygens (including phenoxy) is 1. The van der Waals surface area contributed by atoms with E-state index in [-0.39, 0.29) is 23.8 Å². The molecule has 2 N–H and O–H groups in total. The van der Waals surface area contributed by atoms with Crippen LogP contribution in [-0.2, 0) is 14.3 Å². The van der Waals surface area contributed by atoms with Crippen LogP contribution in [0.25, 0.3) is 0 Å². The molecule has 3 unspecified atom stereocenters. The summed E-state index contributed by atoms with van der Waals surface area (Å²) < 4.78 is 5.47. The first-order valence-corrected chi connectivity index (χ1v) is 13.4. The van der Waals surface area contributed by atoms with Crippen LogP contribution in [-0.4, -0.2) is 47.0 Å². The number of nitrogens with zero attached hydrogens (tertiary/aromatic N) is 1. The van der Waals surface area contributed by atoms with Crippen molar-refractivity contribution in [2.45, 2.75) is 119 Å².